The van der Waals surface area contributed by atoms with Crippen LogP contribution in [-0.2, 0) is 24.0 Å². The highest BCUT2D eigenvalue weighted by atomic mass is 32.2. The first-order chi connectivity index (χ1) is 20.4. The Kier molecular flexibility index (Phi) is 8.23. The molecular weight excluding hydrogens is 625 g/mol. The smallest absolute Gasteiger partial charge is 0.352 e. The van der Waals surface area contributed by atoms with Crippen LogP contribution in [0.5, 0.6) is 0 Å². The van der Waals surface area contributed by atoms with E-state index in [-0.39, 0.29) is 33.7 Å². The Morgan fingerprint density at radius 1 is 1.33 bits per heavy atom. The first-order valence-electron chi connectivity index (χ1n) is 12.3. The van der Waals surface area contributed by atoms with Crippen LogP contribution in [0.2, 0.25) is 0 Å². The minimum absolute atomic E-state index is 0.0531. The molecule has 18 nitrogen and oxygen atoms in total. The standard InChI is InChI=1S/C22H24N12O6S3/c1-8-4-11(34-21(25-8)29-31-32-34)41-5-9-6-42-17-13(16(36)33(17)14(9)18(37)38)27-15(35)12(10-7-43-20(23)26-10)30-40-22(2,3)19(39)28-24/h4,7,13,17H,5-6,24H2,1-3H3,(H2,23,26)(H,27,35)(H,28,39)(H,37,38)/t13?,17-/m0/s1. The number of oxime groups is 1. The number of hydrazine groups is 1. The summed E-state index contributed by atoms with van der Waals surface area (Å²) in [5.41, 5.74) is 6.88. The van der Waals surface area contributed by atoms with Crippen molar-refractivity contribution in [3.05, 3.63) is 34.1 Å². The maximum atomic E-state index is 13.3. The number of aliphatic carboxylic acids is 1. The highest BCUT2D eigenvalue weighted by Gasteiger charge is 2.54. The van der Waals surface area contributed by atoms with Crippen molar-refractivity contribution in [1.29, 1.82) is 0 Å². The molecule has 226 valence electrons. The predicted octanol–water partition coefficient (Wildman–Crippen LogP) is -1.11. The van der Waals surface area contributed by atoms with E-state index >= 15 is 0 Å². The van der Waals surface area contributed by atoms with Gasteiger partial charge in [-0.2, -0.15) is 4.52 Å². The second-order valence-electron chi connectivity index (χ2n) is 9.62. The van der Waals surface area contributed by atoms with Crippen LogP contribution in [0.25, 0.3) is 5.78 Å². The Morgan fingerprint density at radius 2 is 2.09 bits per heavy atom. The van der Waals surface area contributed by atoms with Crippen LogP contribution in [0, 0.1) is 6.92 Å². The van der Waals surface area contributed by atoms with Gasteiger partial charge in [-0.05, 0) is 42.8 Å². The molecular formula is C22H24N12O6S3. The van der Waals surface area contributed by atoms with Gasteiger partial charge in [0.15, 0.2) is 10.8 Å². The van der Waals surface area contributed by atoms with E-state index in [9.17, 15) is 24.3 Å². The first-order valence-corrected chi connectivity index (χ1v) is 15.2. The second-order valence-corrected chi connectivity index (χ2v) is 12.6. The lowest BCUT2D eigenvalue weighted by atomic mass is 10.0. The number of nitrogen functional groups attached to an aromatic ring is 1. The highest BCUT2D eigenvalue weighted by Crippen LogP contribution is 2.41. The van der Waals surface area contributed by atoms with Gasteiger partial charge >= 0.3 is 5.97 Å². The monoisotopic (exact) mass is 648 g/mol. The zero-order valence-electron chi connectivity index (χ0n) is 22.7. The molecule has 0 saturated carbocycles. The zero-order valence-corrected chi connectivity index (χ0v) is 25.1. The van der Waals surface area contributed by atoms with Crippen molar-refractivity contribution < 1.29 is 29.1 Å². The fourth-order valence-corrected chi connectivity index (χ4v) is 7.15. The number of rotatable bonds is 10. The maximum absolute atomic E-state index is 13.3. The van der Waals surface area contributed by atoms with Gasteiger partial charge in [0.2, 0.25) is 5.60 Å². The number of carboxylic acid groups (broad SMARTS) is 1. The number of nitrogens with zero attached hydrogens (tertiary/aromatic N) is 8. The van der Waals surface area contributed by atoms with Crippen molar-refractivity contribution >= 4 is 75.2 Å². The summed E-state index contributed by atoms with van der Waals surface area (Å²) in [7, 11) is 0. The van der Waals surface area contributed by atoms with Crippen molar-refractivity contribution in [1.82, 2.24) is 45.7 Å². The average Bonchev–Trinajstić information content (AvgIpc) is 3.62. The molecule has 2 aliphatic rings. The molecule has 0 radical (unpaired) electrons. The van der Waals surface area contributed by atoms with E-state index in [0.717, 1.165) is 16.2 Å². The Labute approximate surface area is 254 Å². The molecule has 3 aromatic heterocycles. The van der Waals surface area contributed by atoms with Crippen molar-refractivity contribution in [2.24, 2.45) is 11.0 Å². The lowest BCUT2D eigenvalue weighted by molar-refractivity contribution is -0.150. The van der Waals surface area contributed by atoms with Gasteiger partial charge < -0.3 is 21.0 Å². The summed E-state index contributed by atoms with van der Waals surface area (Å²) in [5.74, 6) is 2.59. The van der Waals surface area contributed by atoms with Crippen molar-refractivity contribution in [2.45, 2.75) is 42.8 Å². The summed E-state index contributed by atoms with van der Waals surface area (Å²) >= 11 is 3.65. The molecule has 7 N–H and O–H groups in total. The number of nitrogens with two attached hydrogens (primary N) is 2. The lowest BCUT2D eigenvalue weighted by Crippen LogP contribution is -2.71. The average molecular weight is 649 g/mol. The van der Waals surface area contributed by atoms with Gasteiger partial charge in [-0.25, -0.2) is 20.6 Å². The van der Waals surface area contributed by atoms with Crippen LogP contribution in [-0.4, -0.2) is 97.9 Å². The molecule has 43 heavy (non-hydrogen) atoms. The van der Waals surface area contributed by atoms with E-state index in [0.29, 0.717) is 22.1 Å². The maximum Gasteiger partial charge on any atom is 0.352 e. The number of tetrazole rings is 1. The van der Waals surface area contributed by atoms with Gasteiger partial charge in [0.05, 0.1) is 0 Å². The largest absolute Gasteiger partial charge is 0.477 e. The molecule has 1 unspecified atom stereocenters. The molecule has 21 heteroatoms. The number of carbonyl (C=O) groups is 4. The number of hydrogen-bond donors (Lipinski definition) is 5. The van der Waals surface area contributed by atoms with Gasteiger partial charge in [0.25, 0.3) is 23.5 Å². The van der Waals surface area contributed by atoms with E-state index in [1.165, 1.54) is 47.3 Å². The van der Waals surface area contributed by atoms with Crippen LogP contribution < -0.4 is 22.3 Å². The van der Waals surface area contributed by atoms with Gasteiger partial charge in [0.1, 0.15) is 27.8 Å². The molecule has 1 saturated heterocycles. The van der Waals surface area contributed by atoms with E-state index in [4.69, 9.17) is 16.4 Å². The fraction of sp³-hybridized carbons (Fsp3) is 0.364. The predicted molar refractivity (Wildman–Crippen MR) is 154 cm³/mol. The number of aromatic nitrogens is 6. The first kappa shape index (κ1) is 30.1. The number of nitrogens with one attached hydrogen (secondary N) is 2. The van der Waals surface area contributed by atoms with Crippen LogP contribution >= 0.6 is 34.9 Å². The van der Waals surface area contributed by atoms with Gasteiger partial charge in [-0.3, -0.25) is 24.7 Å². The lowest BCUT2D eigenvalue weighted by Gasteiger charge is -2.49. The molecule has 1 fully saturated rings. The normalized spacial score (nSPS) is 18.7. The van der Waals surface area contributed by atoms with Gasteiger partial charge in [-0.15, -0.1) is 34.9 Å². The zero-order chi connectivity index (χ0) is 31.1. The molecule has 5 heterocycles. The molecule has 5 rings (SSSR count). The number of carboxylic acids is 1. The summed E-state index contributed by atoms with van der Waals surface area (Å²) in [6, 6.07) is 0.711. The van der Waals surface area contributed by atoms with Gasteiger partial charge in [-0.1, -0.05) is 10.3 Å². The van der Waals surface area contributed by atoms with Crippen LogP contribution in [0.15, 0.2) is 32.9 Å². The highest BCUT2D eigenvalue weighted by molar-refractivity contribution is 8.01. The molecule has 2 aliphatic heterocycles. The number of thiazole rings is 1. The van der Waals surface area contributed by atoms with Crippen LogP contribution in [0.3, 0.4) is 0 Å². The summed E-state index contributed by atoms with van der Waals surface area (Å²) in [6.07, 6.45) is 0. The van der Waals surface area contributed by atoms with E-state index < -0.39 is 40.7 Å². The van der Waals surface area contributed by atoms with E-state index in [1.807, 2.05) is 5.43 Å². The quantitative estimate of drug-likeness (QED) is 0.0332. The third-order valence-corrected chi connectivity index (χ3v) is 9.32. The van der Waals surface area contributed by atoms with Gasteiger partial charge in [0, 0.05) is 22.6 Å². The summed E-state index contributed by atoms with van der Waals surface area (Å²) in [4.78, 5) is 65.7. The summed E-state index contributed by atoms with van der Waals surface area (Å²) < 4.78 is 1.44. The molecule has 2 atom stereocenters. The number of β-lactam (4-membered cyclic amide) rings is 1. The number of thioether (sulfide) groups is 2. The van der Waals surface area contributed by atoms with Crippen molar-refractivity contribution in [2.75, 3.05) is 17.2 Å². The third-order valence-electron chi connectivity index (χ3n) is 6.22. The number of anilines is 1. The summed E-state index contributed by atoms with van der Waals surface area (Å²) in [6.45, 7) is 4.55. The Balaban J connectivity index is 1.34. The molecule has 0 aliphatic carbocycles. The molecule has 3 amide bonds. The van der Waals surface area contributed by atoms with E-state index in [1.54, 1.807) is 13.0 Å². The number of hydrogen-bond acceptors (Lipinski definition) is 16. The Morgan fingerprint density at radius 3 is 2.77 bits per heavy atom. The van der Waals surface area contributed by atoms with Crippen LogP contribution in [0.4, 0.5) is 5.13 Å². The Hall–Kier alpha value is -4.34. The number of amides is 3. The second kappa shape index (κ2) is 11.7. The molecule has 0 spiro atoms. The molecule has 0 aromatic carbocycles. The molecule has 3 aromatic rings. The molecule has 0 bridgehead atoms. The van der Waals surface area contributed by atoms with Crippen molar-refractivity contribution in [3.63, 3.8) is 0 Å². The summed E-state index contributed by atoms with van der Waals surface area (Å²) in [5, 5.41) is 29.4. The number of carbonyl (C=O) groups excluding carboxylic acids is 3. The fourth-order valence-electron chi connectivity index (χ4n) is 4.07. The third kappa shape index (κ3) is 5.83. The SMILES string of the molecule is Cc1cc(SCC2=C(C(=O)O)N3C(=O)C(NC(=O)C(=NOC(C)(C)C(=O)NN)c4csc(N)n4)[C@@H]3SC2)n2nnnc2n1. The topological polar surface area (TPSA) is 258 Å². The van der Waals surface area contributed by atoms with Crippen molar-refractivity contribution in [3.8, 4) is 0 Å². The van der Waals surface area contributed by atoms with E-state index in [2.05, 4.69) is 36.0 Å². The Bertz CT molecular complexity index is 1700. The minimum atomic E-state index is -1.55. The number of aryl methyl sites for hydroxylation is 1. The number of fused-ring (bicyclic) bond motifs is 2. The van der Waals surface area contributed by atoms with Crippen LogP contribution in [0.1, 0.15) is 25.2 Å². The minimum Gasteiger partial charge on any atom is -0.477 e.